The lowest BCUT2D eigenvalue weighted by atomic mass is 10.0. The van der Waals surface area contributed by atoms with Gasteiger partial charge in [-0.05, 0) is 60.6 Å². The van der Waals surface area contributed by atoms with E-state index in [-0.39, 0.29) is 24.0 Å². The normalized spacial score (nSPS) is 13.7. The standard InChI is InChI=1S/C21H18FNO4/c1-2-27-21(26)23-17-11-14(12-5-8-15(22)9-6-12)7-10-16(17)18(13-3-4-13)19(23)20(24)25/h5-11,13H,2-4H2,1H3,(H,24,25). The Morgan fingerprint density at radius 1 is 1.15 bits per heavy atom. The van der Waals surface area contributed by atoms with E-state index < -0.39 is 12.1 Å². The number of rotatable bonds is 4. The summed E-state index contributed by atoms with van der Waals surface area (Å²) in [5.74, 6) is -1.34. The summed E-state index contributed by atoms with van der Waals surface area (Å²) in [6.45, 7) is 1.82. The molecule has 1 aromatic heterocycles. The molecular weight excluding hydrogens is 349 g/mol. The Bertz CT molecular complexity index is 1050. The Morgan fingerprint density at radius 2 is 1.81 bits per heavy atom. The minimum Gasteiger partial charge on any atom is -0.477 e. The molecule has 3 aromatic rings. The van der Waals surface area contributed by atoms with E-state index in [9.17, 15) is 19.1 Å². The van der Waals surface area contributed by atoms with Gasteiger partial charge in [0.05, 0.1) is 12.1 Å². The molecule has 1 saturated carbocycles. The van der Waals surface area contributed by atoms with Gasteiger partial charge in [-0.1, -0.05) is 24.3 Å². The number of nitrogens with zero attached hydrogens (tertiary/aromatic N) is 1. The molecule has 1 fully saturated rings. The van der Waals surface area contributed by atoms with E-state index in [4.69, 9.17) is 4.74 Å². The second-order valence-corrected chi connectivity index (χ2v) is 6.61. The van der Waals surface area contributed by atoms with Gasteiger partial charge in [-0.2, -0.15) is 0 Å². The number of benzene rings is 2. The van der Waals surface area contributed by atoms with Crippen LogP contribution in [0, 0.1) is 5.82 Å². The number of carboxylic acid groups (broad SMARTS) is 1. The fraction of sp³-hybridized carbons (Fsp3) is 0.238. The van der Waals surface area contributed by atoms with Gasteiger partial charge in [0.1, 0.15) is 11.5 Å². The maximum Gasteiger partial charge on any atom is 0.419 e. The van der Waals surface area contributed by atoms with E-state index in [1.807, 2.05) is 12.1 Å². The molecule has 0 bridgehead atoms. The molecule has 0 spiro atoms. The molecule has 6 heteroatoms. The van der Waals surface area contributed by atoms with Crippen molar-refractivity contribution in [3.63, 3.8) is 0 Å². The fourth-order valence-corrected chi connectivity index (χ4v) is 3.51. The zero-order valence-corrected chi connectivity index (χ0v) is 14.7. The number of halogens is 1. The first-order chi connectivity index (χ1) is 13.0. The molecule has 5 nitrogen and oxygen atoms in total. The lowest BCUT2D eigenvalue weighted by molar-refractivity contribution is 0.0681. The predicted octanol–water partition coefficient (Wildman–Crippen LogP) is 5.03. The van der Waals surface area contributed by atoms with Crippen LogP contribution >= 0.6 is 0 Å². The smallest absolute Gasteiger partial charge is 0.419 e. The first kappa shape index (κ1) is 17.3. The highest BCUT2D eigenvalue weighted by molar-refractivity contribution is 6.05. The van der Waals surface area contributed by atoms with Crippen LogP contribution in [-0.4, -0.2) is 28.3 Å². The monoisotopic (exact) mass is 367 g/mol. The molecule has 4 rings (SSSR count). The SMILES string of the molecule is CCOC(=O)n1c(C(=O)O)c(C2CC2)c2ccc(-c3ccc(F)cc3)cc21. The second kappa shape index (κ2) is 6.54. The van der Waals surface area contributed by atoms with Gasteiger partial charge in [0.15, 0.2) is 0 Å². The van der Waals surface area contributed by atoms with Crippen molar-refractivity contribution in [3.05, 3.63) is 59.5 Å². The average Bonchev–Trinajstić information content (AvgIpc) is 3.42. The molecule has 0 amide bonds. The number of fused-ring (bicyclic) bond motifs is 1. The van der Waals surface area contributed by atoms with Crippen molar-refractivity contribution >= 4 is 23.0 Å². The van der Waals surface area contributed by atoms with Crippen LogP contribution in [0.2, 0.25) is 0 Å². The van der Waals surface area contributed by atoms with Crippen molar-refractivity contribution in [2.24, 2.45) is 0 Å². The third kappa shape index (κ3) is 2.97. The summed E-state index contributed by atoms with van der Waals surface area (Å²) in [4.78, 5) is 24.5. The number of carboxylic acids is 1. The highest BCUT2D eigenvalue weighted by Gasteiger charge is 2.35. The third-order valence-electron chi connectivity index (χ3n) is 4.82. The highest BCUT2D eigenvalue weighted by atomic mass is 19.1. The molecule has 1 aliphatic carbocycles. The van der Waals surface area contributed by atoms with Gasteiger partial charge in [-0.25, -0.2) is 18.5 Å². The van der Waals surface area contributed by atoms with Gasteiger partial charge in [-0.3, -0.25) is 0 Å². The first-order valence-electron chi connectivity index (χ1n) is 8.86. The number of hydrogen-bond acceptors (Lipinski definition) is 3. The summed E-state index contributed by atoms with van der Waals surface area (Å²) in [7, 11) is 0. The van der Waals surface area contributed by atoms with Crippen LogP contribution in [0.3, 0.4) is 0 Å². The summed E-state index contributed by atoms with van der Waals surface area (Å²) in [5, 5.41) is 10.5. The Kier molecular flexibility index (Phi) is 4.18. The van der Waals surface area contributed by atoms with Crippen molar-refractivity contribution in [2.75, 3.05) is 6.61 Å². The molecule has 0 unspecified atom stereocenters. The Hall–Kier alpha value is -3.15. The minimum absolute atomic E-state index is 0.0257. The molecule has 1 N–H and O–H groups in total. The van der Waals surface area contributed by atoms with Crippen molar-refractivity contribution < 1.29 is 23.8 Å². The van der Waals surface area contributed by atoms with Gasteiger partial charge in [-0.15, -0.1) is 0 Å². The Morgan fingerprint density at radius 3 is 2.41 bits per heavy atom. The summed E-state index contributed by atoms with van der Waals surface area (Å²) in [5.41, 5.74) is 2.71. The molecular formula is C21H18FNO4. The molecule has 138 valence electrons. The van der Waals surface area contributed by atoms with Crippen molar-refractivity contribution in [1.82, 2.24) is 4.57 Å². The maximum atomic E-state index is 13.2. The predicted molar refractivity (Wildman–Crippen MR) is 98.7 cm³/mol. The van der Waals surface area contributed by atoms with E-state index in [0.29, 0.717) is 11.1 Å². The Balaban J connectivity index is 1.98. The van der Waals surface area contributed by atoms with Gasteiger partial charge >= 0.3 is 12.1 Å². The highest BCUT2D eigenvalue weighted by Crippen LogP contribution is 2.46. The van der Waals surface area contributed by atoms with Crippen LogP contribution in [0.5, 0.6) is 0 Å². The van der Waals surface area contributed by atoms with Crippen LogP contribution in [0.15, 0.2) is 42.5 Å². The topological polar surface area (TPSA) is 68.5 Å². The summed E-state index contributed by atoms with van der Waals surface area (Å²) < 4.78 is 19.5. The Labute approximate surface area is 155 Å². The maximum absolute atomic E-state index is 13.2. The average molecular weight is 367 g/mol. The zero-order chi connectivity index (χ0) is 19.1. The number of ether oxygens (including phenoxy) is 1. The second-order valence-electron chi connectivity index (χ2n) is 6.61. The van der Waals surface area contributed by atoms with E-state index in [2.05, 4.69) is 0 Å². The van der Waals surface area contributed by atoms with Gasteiger partial charge in [0.25, 0.3) is 0 Å². The van der Waals surface area contributed by atoms with Gasteiger partial charge in [0.2, 0.25) is 0 Å². The first-order valence-corrected chi connectivity index (χ1v) is 8.86. The lowest BCUT2D eigenvalue weighted by Crippen LogP contribution is -2.19. The minimum atomic E-state index is -1.15. The number of carbonyl (C=O) groups excluding carboxylic acids is 1. The molecule has 0 radical (unpaired) electrons. The molecule has 0 saturated heterocycles. The van der Waals surface area contributed by atoms with E-state index in [1.165, 1.54) is 12.1 Å². The zero-order valence-electron chi connectivity index (χ0n) is 14.7. The molecule has 1 heterocycles. The van der Waals surface area contributed by atoms with E-state index in [0.717, 1.165) is 33.9 Å². The molecule has 27 heavy (non-hydrogen) atoms. The van der Waals surface area contributed by atoms with Crippen LogP contribution in [0.25, 0.3) is 22.0 Å². The lowest BCUT2D eigenvalue weighted by Gasteiger charge is -2.08. The summed E-state index contributed by atoms with van der Waals surface area (Å²) in [6.07, 6.45) is 1.10. The van der Waals surface area contributed by atoms with Crippen LogP contribution in [0.1, 0.15) is 41.7 Å². The molecule has 1 aliphatic rings. The summed E-state index contributed by atoms with van der Waals surface area (Å²) in [6, 6.07) is 11.5. The van der Waals surface area contributed by atoms with Crippen LogP contribution in [0.4, 0.5) is 9.18 Å². The van der Waals surface area contributed by atoms with E-state index in [1.54, 1.807) is 25.1 Å². The van der Waals surface area contributed by atoms with Crippen LogP contribution < -0.4 is 0 Å². The summed E-state index contributed by atoms with van der Waals surface area (Å²) >= 11 is 0. The van der Waals surface area contributed by atoms with Crippen LogP contribution in [-0.2, 0) is 4.74 Å². The van der Waals surface area contributed by atoms with Crippen molar-refractivity contribution in [2.45, 2.75) is 25.7 Å². The number of aromatic nitrogens is 1. The van der Waals surface area contributed by atoms with Crippen molar-refractivity contribution in [3.8, 4) is 11.1 Å². The third-order valence-corrected chi connectivity index (χ3v) is 4.82. The fourth-order valence-electron chi connectivity index (χ4n) is 3.51. The van der Waals surface area contributed by atoms with Gasteiger partial charge in [0, 0.05) is 5.39 Å². The van der Waals surface area contributed by atoms with Crippen molar-refractivity contribution in [1.29, 1.82) is 0 Å². The largest absolute Gasteiger partial charge is 0.477 e. The molecule has 0 aliphatic heterocycles. The number of carbonyl (C=O) groups is 2. The van der Waals surface area contributed by atoms with Gasteiger partial charge < -0.3 is 9.84 Å². The number of aromatic carboxylic acids is 1. The quantitative estimate of drug-likeness (QED) is 0.702. The number of hydrogen-bond donors (Lipinski definition) is 1. The van der Waals surface area contributed by atoms with E-state index >= 15 is 0 Å². The molecule has 0 atom stereocenters. The molecule has 2 aromatic carbocycles.